The molecule has 0 unspecified atom stereocenters. The molecule has 0 saturated heterocycles. The first-order valence-electron chi connectivity index (χ1n) is 7.82. The van der Waals surface area contributed by atoms with Crippen molar-refractivity contribution in [2.45, 2.75) is 13.5 Å². The lowest BCUT2D eigenvalue weighted by Gasteiger charge is -2.12. The van der Waals surface area contributed by atoms with Gasteiger partial charge < -0.3 is 24.1 Å². The Morgan fingerprint density at radius 3 is 2.28 bits per heavy atom. The third-order valence-electron chi connectivity index (χ3n) is 3.63. The summed E-state index contributed by atoms with van der Waals surface area (Å²) in [6.07, 6.45) is 0. The molecule has 1 N–H and O–H groups in total. The minimum atomic E-state index is -0.255. The molecule has 0 aliphatic heterocycles. The van der Waals surface area contributed by atoms with E-state index < -0.39 is 0 Å². The monoisotopic (exact) mass is 346 g/mol. The van der Waals surface area contributed by atoms with Crippen molar-refractivity contribution in [3.63, 3.8) is 0 Å². The predicted octanol–water partition coefficient (Wildman–Crippen LogP) is 1.37. The number of nitrogens with zero attached hydrogens (tertiary/aromatic N) is 1. The third-order valence-corrected chi connectivity index (χ3v) is 3.63. The normalized spacial score (nSPS) is 10.2. The summed E-state index contributed by atoms with van der Waals surface area (Å²) in [5.74, 6) is 1.57. The Morgan fingerprint density at radius 1 is 1.04 bits per heavy atom. The molecule has 25 heavy (non-hydrogen) atoms. The Hall–Kier alpha value is -2.96. The average molecular weight is 346 g/mol. The van der Waals surface area contributed by atoms with Crippen LogP contribution in [0.1, 0.15) is 5.69 Å². The number of nitrogens with one attached hydrogen (secondary N) is 1. The number of amides is 1. The number of benzene rings is 1. The zero-order valence-corrected chi connectivity index (χ0v) is 14.6. The SMILES string of the molecule is COc1ccc(OCC(=O)NCCn2c(C)cc(OC)cc2=O)cc1. The molecule has 7 heteroatoms. The van der Waals surface area contributed by atoms with Crippen LogP contribution >= 0.6 is 0 Å². The van der Waals surface area contributed by atoms with Crippen LogP contribution in [0.4, 0.5) is 0 Å². The van der Waals surface area contributed by atoms with Gasteiger partial charge in [-0.2, -0.15) is 0 Å². The van der Waals surface area contributed by atoms with Gasteiger partial charge in [-0.15, -0.1) is 0 Å². The van der Waals surface area contributed by atoms with Gasteiger partial charge in [-0.1, -0.05) is 0 Å². The first kappa shape index (κ1) is 18.4. The maximum absolute atomic E-state index is 12.0. The van der Waals surface area contributed by atoms with Gasteiger partial charge >= 0.3 is 0 Å². The van der Waals surface area contributed by atoms with E-state index in [0.29, 0.717) is 24.6 Å². The van der Waals surface area contributed by atoms with Crippen LogP contribution < -0.4 is 25.1 Å². The summed E-state index contributed by atoms with van der Waals surface area (Å²) >= 11 is 0. The second-order valence-corrected chi connectivity index (χ2v) is 5.34. The molecule has 0 fully saturated rings. The molecule has 0 atom stereocenters. The molecule has 2 rings (SSSR count). The highest BCUT2D eigenvalue weighted by atomic mass is 16.5. The highest BCUT2D eigenvalue weighted by Gasteiger charge is 2.06. The van der Waals surface area contributed by atoms with Crippen molar-refractivity contribution in [1.82, 2.24) is 9.88 Å². The summed E-state index contributed by atoms with van der Waals surface area (Å²) in [7, 11) is 3.10. The van der Waals surface area contributed by atoms with Gasteiger partial charge in [-0.05, 0) is 37.3 Å². The fourth-order valence-electron chi connectivity index (χ4n) is 2.28. The lowest BCUT2D eigenvalue weighted by atomic mass is 10.3. The maximum Gasteiger partial charge on any atom is 0.258 e. The van der Waals surface area contributed by atoms with Crippen LogP contribution in [0.2, 0.25) is 0 Å². The molecule has 1 aromatic heterocycles. The van der Waals surface area contributed by atoms with Crippen LogP contribution in [0, 0.1) is 6.92 Å². The van der Waals surface area contributed by atoms with E-state index in [2.05, 4.69) is 5.32 Å². The fraction of sp³-hybridized carbons (Fsp3) is 0.333. The minimum absolute atomic E-state index is 0.0944. The van der Waals surface area contributed by atoms with Crippen LogP contribution in [0.15, 0.2) is 41.2 Å². The quantitative estimate of drug-likeness (QED) is 0.781. The number of methoxy groups -OCH3 is 2. The van der Waals surface area contributed by atoms with Gasteiger partial charge in [0.15, 0.2) is 6.61 Å². The summed E-state index contributed by atoms with van der Waals surface area (Å²) in [5, 5.41) is 2.73. The topological polar surface area (TPSA) is 78.8 Å². The Balaban J connectivity index is 1.79. The summed E-state index contributed by atoms with van der Waals surface area (Å²) in [5.41, 5.74) is 0.605. The second-order valence-electron chi connectivity index (χ2n) is 5.34. The van der Waals surface area contributed by atoms with Crippen LogP contribution in [0.25, 0.3) is 0 Å². The highest BCUT2D eigenvalue weighted by molar-refractivity contribution is 5.77. The first-order chi connectivity index (χ1) is 12.0. The Labute approximate surface area is 146 Å². The molecule has 1 aromatic carbocycles. The van der Waals surface area contributed by atoms with E-state index in [9.17, 15) is 9.59 Å². The molecular weight excluding hydrogens is 324 g/mol. The van der Waals surface area contributed by atoms with Crippen molar-refractivity contribution >= 4 is 5.91 Å². The van der Waals surface area contributed by atoms with Crippen LogP contribution in [-0.4, -0.2) is 37.8 Å². The maximum atomic E-state index is 12.0. The lowest BCUT2D eigenvalue weighted by Crippen LogP contribution is -2.34. The van der Waals surface area contributed by atoms with Crippen LogP contribution in [0.3, 0.4) is 0 Å². The summed E-state index contributed by atoms with van der Waals surface area (Å²) in [6, 6.07) is 10.2. The zero-order valence-electron chi connectivity index (χ0n) is 14.6. The molecule has 0 aliphatic rings. The fourth-order valence-corrected chi connectivity index (χ4v) is 2.28. The van der Waals surface area contributed by atoms with E-state index in [4.69, 9.17) is 14.2 Å². The molecule has 0 spiro atoms. The predicted molar refractivity (Wildman–Crippen MR) is 93.5 cm³/mol. The van der Waals surface area contributed by atoms with Crippen LogP contribution in [-0.2, 0) is 11.3 Å². The Bertz CT molecular complexity index is 768. The molecule has 7 nitrogen and oxygen atoms in total. The molecule has 0 aliphatic carbocycles. The number of carbonyl (C=O) groups is 1. The van der Waals surface area contributed by atoms with E-state index in [1.54, 1.807) is 42.0 Å². The van der Waals surface area contributed by atoms with Gasteiger partial charge in [-0.25, -0.2) is 0 Å². The number of hydrogen-bond acceptors (Lipinski definition) is 5. The number of rotatable bonds is 8. The molecular formula is C18H22N2O5. The largest absolute Gasteiger partial charge is 0.497 e. The van der Waals surface area contributed by atoms with Gasteiger partial charge in [0.25, 0.3) is 11.5 Å². The average Bonchev–Trinajstić information content (AvgIpc) is 2.62. The highest BCUT2D eigenvalue weighted by Crippen LogP contribution is 2.16. The van der Waals surface area contributed by atoms with E-state index in [-0.39, 0.29) is 18.1 Å². The van der Waals surface area contributed by atoms with Crippen molar-refractivity contribution in [2.75, 3.05) is 27.4 Å². The molecule has 0 saturated carbocycles. The van der Waals surface area contributed by atoms with Gasteiger partial charge in [0, 0.05) is 24.8 Å². The molecule has 1 heterocycles. The Kier molecular flexibility index (Phi) is 6.45. The summed E-state index contributed by atoms with van der Waals surface area (Å²) in [4.78, 5) is 23.8. The second kappa shape index (κ2) is 8.77. The number of aromatic nitrogens is 1. The van der Waals surface area contributed by atoms with Gasteiger partial charge in [0.1, 0.15) is 17.2 Å². The third kappa shape index (κ3) is 5.27. The molecule has 2 aromatic rings. The van der Waals surface area contributed by atoms with Crippen molar-refractivity contribution in [3.8, 4) is 17.2 Å². The van der Waals surface area contributed by atoms with E-state index in [0.717, 1.165) is 11.4 Å². The van der Waals surface area contributed by atoms with E-state index in [1.165, 1.54) is 13.2 Å². The standard InChI is InChI=1S/C18H22N2O5/c1-13-10-16(24-3)11-18(22)20(13)9-8-19-17(21)12-25-15-6-4-14(23-2)5-7-15/h4-7,10-11H,8-9,12H2,1-3H3,(H,19,21). The van der Waals surface area contributed by atoms with Crippen molar-refractivity contribution < 1.29 is 19.0 Å². The first-order valence-corrected chi connectivity index (χ1v) is 7.82. The smallest absolute Gasteiger partial charge is 0.258 e. The number of aryl methyl sites for hydroxylation is 1. The van der Waals surface area contributed by atoms with Gasteiger partial charge in [0.2, 0.25) is 0 Å². The number of carbonyl (C=O) groups excluding carboxylic acids is 1. The van der Waals surface area contributed by atoms with Gasteiger partial charge in [0.05, 0.1) is 14.2 Å². The molecule has 134 valence electrons. The molecule has 0 radical (unpaired) electrons. The minimum Gasteiger partial charge on any atom is -0.497 e. The van der Waals surface area contributed by atoms with Crippen molar-refractivity contribution in [2.24, 2.45) is 0 Å². The summed E-state index contributed by atoms with van der Waals surface area (Å²) in [6.45, 7) is 2.43. The van der Waals surface area contributed by atoms with Crippen molar-refractivity contribution in [3.05, 3.63) is 52.4 Å². The molecule has 1 amide bonds. The zero-order chi connectivity index (χ0) is 18.2. The molecule has 0 bridgehead atoms. The lowest BCUT2D eigenvalue weighted by molar-refractivity contribution is -0.123. The number of hydrogen-bond donors (Lipinski definition) is 1. The van der Waals surface area contributed by atoms with E-state index in [1.807, 2.05) is 6.92 Å². The summed E-state index contributed by atoms with van der Waals surface area (Å²) < 4.78 is 17.1. The Morgan fingerprint density at radius 2 is 1.68 bits per heavy atom. The van der Waals surface area contributed by atoms with Crippen molar-refractivity contribution in [1.29, 1.82) is 0 Å². The number of ether oxygens (including phenoxy) is 3. The number of pyridine rings is 1. The van der Waals surface area contributed by atoms with Crippen LogP contribution in [0.5, 0.6) is 17.2 Å². The van der Waals surface area contributed by atoms with Gasteiger partial charge in [-0.3, -0.25) is 9.59 Å². The van der Waals surface area contributed by atoms with E-state index >= 15 is 0 Å².